The monoisotopic (exact) mass is 239 g/mol. The van der Waals surface area contributed by atoms with Crippen LogP contribution in [0.3, 0.4) is 0 Å². The number of ether oxygens (including phenoxy) is 1. The highest BCUT2D eigenvalue weighted by Gasteiger charge is 2.07. The molecule has 1 aromatic rings. The second-order valence-corrected chi connectivity index (χ2v) is 3.64. The van der Waals surface area contributed by atoms with Gasteiger partial charge in [-0.05, 0) is 17.7 Å². The van der Waals surface area contributed by atoms with E-state index in [2.05, 4.69) is 11.9 Å². The number of aliphatic hydroxyl groups excluding tert-OH is 1. The molecular weight excluding hydrogens is 221 g/mol. The molecule has 3 nitrogen and oxygen atoms in total. The quantitative estimate of drug-likeness (QED) is 0.535. The van der Waals surface area contributed by atoms with Crippen molar-refractivity contribution in [3.8, 4) is 0 Å². The smallest absolute Gasteiger partial charge is 0.123 e. The first-order valence-corrected chi connectivity index (χ1v) is 5.57. The maximum Gasteiger partial charge on any atom is 0.123 e. The summed E-state index contributed by atoms with van der Waals surface area (Å²) in [6.45, 7) is 5.63. The molecule has 4 heteroatoms. The van der Waals surface area contributed by atoms with Crippen molar-refractivity contribution in [1.82, 2.24) is 5.32 Å². The van der Waals surface area contributed by atoms with E-state index in [1.807, 2.05) is 0 Å². The van der Waals surface area contributed by atoms with Crippen molar-refractivity contribution >= 4 is 0 Å². The number of aliphatic hydroxyl groups is 1. The Labute approximate surface area is 101 Å². The Kier molecular flexibility index (Phi) is 6.47. The van der Waals surface area contributed by atoms with E-state index in [-0.39, 0.29) is 5.82 Å². The predicted molar refractivity (Wildman–Crippen MR) is 65.2 cm³/mol. The zero-order valence-corrected chi connectivity index (χ0v) is 9.73. The molecule has 0 aliphatic rings. The molecule has 1 aromatic carbocycles. The maximum atomic E-state index is 12.9. The van der Waals surface area contributed by atoms with E-state index in [0.717, 1.165) is 0 Å². The summed E-state index contributed by atoms with van der Waals surface area (Å²) in [7, 11) is 0. The summed E-state index contributed by atoms with van der Waals surface area (Å²) in [6, 6.07) is 5.97. The van der Waals surface area contributed by atoms with Crippen molar-refractivity contribution in [1.29, 1.82) is 0 Å². The number of hydrogen-bond donors (Lipinski definition) is 2. The highest BCUT2D eigenvalue weighted by atomic mass is 19.1. The van der Waals surface area contributed by atoms with Crippen LogP contribution in [-0.4, -0.2) is 31.4 Å². The zero-order valence-electron chi connectivity index (χ0n) is 9.73. The minimum Gasteiger partial charge on any atom is -0.387 e. The van der Waals surface area contributed by atoms with Crippen LogP contribution in [0.1, 0.15) is 11.7 Å². The normalized spacial score (nSPS) is 12.4. The lowest BCUT2D eigenvalue weighted by atomic mass is 10.1. The Bertz CT molecular complexity index is 344. The van der Waals surface area contributed by atoms with Crippen LogP contribution in [0.25, 0.3) is 0 Å². The van der Waals surface area contributed by atoms with E-state index in [4.69, 9.17) is 4.74 Å². The summed E-state index contributed by atoms with van der Waals surface area (Å²) in [5.74, 6) is -0.337. The van der Waals surface area contributed by atoms with E-state index in [0.29, 0.717) is 31.9 Å². The molecule has 0 amide bonds. The third-order valence-electron chi connectivity index (χ3n) is 2.23. The van der Waals surface area contributed by atoms with E-state index in [1.165, 1.54) is 12.1 Å². The summed E-state index contributed by atoms with van der Waals surface area (Å²) in [5, 5.41) is 12.8. The molecule has 0 heterocycles. The summed E-state index contributed by atoms with van der Waals surface area (Å²) < 4.78 is 18.1. The van der Waals surface area contributed by atoms with Gasteiger partial charge in [0.05, 0.1) is 19.3 Å². The molecular formula is C13H18FNO2. The standard InChI is InChI=1S/C13H18FNO2/c1-2-7-17-8-6-15-10-13(16)11-4-3-5-12(14)9-11/h2-5,9,13,15-16H,1,6-8,10H2. The molecule has 0 spiro atoms. The topological polar surface area (TPSA) is 41.5 Å². The van der Waals surface area contributed by atoms with Gasteiger partial charge in [0.1, 0.15) is 5.82 Å². The van der Waals surface area contributed by atoms with Crippen molar-refractivity contribution < 1.29 is 14.2 Å². The molecule has 0 aliphatic carbocycles. The fourth-order valence-corrected chi connectivity index (χ4v) is 1.38. The molecule has 0 saturated heterocycles. The van der Waals surface area contributed by atoms with Crippen LogP contribution in [0.15, 0.2) is 36.9 Å². The molecule has 2 N–H and O–H groups in total. The average Bonchev–Trinajstić information content (AvgIpc) is 2.33. The molecule has 1 rings (SSSR count). The third kappa shape index (κ3) is 5.58. The van der Waals surface area contributed by atoms with Gasteiger partial charge in [0.2, 0.25) is 0 Å². The van der Waals surface area contributed by atoms with Crippen LogP contribution in [0.5, 0.6) is 0 Å². The first kappa shape index (κ1) is 13.8. The Balaban J connectivity index is 2.21. The number of nitrogens with one attached hydrogen (secondary N) is 1. The second kappa shape index (κ2) is 7.95. The van der Waals surface area contributed by atoms with Crippen molar-refractivity contribution in [2.45, 2.75) is 6.10 Å². The van der Waals surface area contributed by atoms with E-state index >= 15 is 0 Å². The summed E-state index contributed by atoms with van der Waals surface area (Å²) in [5.41, 5.74) is 0.574. The first-order chi connectivity index (χ1) is 8.24. The van der Waals surface area contributed by atoms with Crippen molar-refractivity contribution in [2.24, 2.45) is 0 Å². The van der Waals surface area contributed by atoms with Gasteiger partial charge in [0.15, 0.2) is 0 Å². The fraction of sp³-hybridized carbons (Fsp3) is 0.385. The molecule has 0 radical (unpaired) electrons. The van der Waals surface area contributed by atoms with Crippen LogP contribution in [0.4, 0.5) is 4.39 Å². The Hall–Kier alpha value is -1.23. The Morgan fingerprint density at radius 1 is 1.53 bits per heavy atom. The second-order valence-electron chi connectivity index (χ2n) is 3.64. The molecule has 1 unspecified atom stereocenters. The summed E-state index contributed by atoms with van der Waals surface area (Å²) in [4.78, 5) is 0. The van der Waals surface area contributed by atoms with Gasteiger partial charge < -0.3 is 15.2 Å². The van der Waals surface area contributed by atoms with E-state index in [9.17, 15) is 9.50 Å². The molecule has 0 aromatic heterocycles. The van der Waals surface area contributed by atoms with Gasteiger partial charge in [0.25, 0.3) is 0 Å². The minimum atomic E-state index is -0.704. The number of hydrogen-bond acceptors (Lipinski definition) is 3. The average molecular weight is 239 g/mol. The summed E-state index contributed by atoms with van der Waals surface area (Å²) >= 11 is 0. The molecule has 94 valence electrons. The number of benzene rings is 1. The van der Waals surface area contributed by atoms with Crippen LogP contribution >= 0.6 is 0 Å². The molecule has 0 saturated carbocycles. The van der Waals surface area contributed by atoms with E-state index < -0.39 is 6.10 Å². The van der Waals surface area contributed by atoms with Crippen LogP contribution in [0, 0.1) is 5.82 Å². The van der Waals surface area contributed by atoms with Gasteiger partial charge in [-0.15, -0.1) is 6.58 Å². The van der Waals surface area contributed by atoms with Crippen LogP contribution in [0.2, 0.25) is 0 Å². The fourth-order valence-electron chi connectivity index (χ4n) is 1.38. The minimum absolute atomic E-state index is 0.337. The predicted octanol–water partition coefficient (Wildman–Crippen LogP) is 1.65. The van der Waals surface area contributed by atoms with Gasteiger partial charge in [-0.1, -0.05) is 18.2 Å². The molecule has 17 heavy (non-hydrogen) atoms. The largest absolute Gasteiger partial charge is 0.387 e. The van der Waals surface area contributed by atoms with Crippen molar-refractivity contribution in [2.75, 3.05) is 26.3 Å². The molecule has 0 aliphatic heterocycles. The molecule has 0 fully saturated rings. The maximum absolute atomic E-state index is 12.9. The SMILES string of the molecule is C=CCOCCNCC(O)c1cccc(F)c1. The van der Waals surface area contributed by atoms with Gasteiger partial charge in [-0.25, -0.2) is 4.39 Å². The highest BCUT2D eigenvalue weighted by Crippen LogP contribution is 2.12. The Morgan fingerprint density at radius 3 is 3.06 bits per heavy atom. The van der Waals surface area contributed by atoms with Crippen molar-refractivity contribution in [3.05, 3.63) is 48.3 Å². The summed E-state index contributed by atoms with van der Waals surface area (Å²) in [6.07, 6.45) is 0.979. The van der Waals surface area contributed by atoms with Gasteiger partial charge in [-0.3, -0.25) is 0 Å². The zero-order chi connectivity index (χ0) is 12.5. The number of halogens is 1. The van der Waals surface area contributed by atoms with Crippen molar-refractivity contribution in [3.63, 3.8) is 0 Å². The lowest BCUT2D eigenvalue weighted by Gasteiger charge is -2.12. The van der Waals surface area contributed by atoms with Gasteiger partial charge in [0, 0.05) is 13.1 Å². The lowest BCUT2D eigenvalue weighted by molar-refractivity contribution is 0.147. The van der Waals surface area contributed by atoms with E-state index in [1.54, 1.807) is 18.2 Å². The van der Waals surface area contributed by atoms with Gasteiger partial charge in [-0.2, -0.15) is 0 Å². The number of rotatable bonds is 8. The lowest BCUT2D eigenvalue weighted by Crippen LogP contribution is -2.25. The third-order valence-corrected chi connectivity index (χ3v) is 2.23. The van der Waals surface area contributed by atoms with Gasteiger partial charge >= 0.3 is 0 Å². The van der Waals surface area contributed by atoms with Crippen LogP contribution < -0.4 is 5.32 Å². The molecule has 1 atom stereocenters. The highest BCUT2D eigenvalue weighted by molar-refractivity contribution is 5.18. The van der Waals surface area contributed by atoms with Crippen LogP contribution in [-0.2, 0) is 4.74 Å². The molecule has 0 bridgehead atoms. The Morgan fingerprint density at radius 2 is 2.35 bits per heavy atom. The first-order valence-electron chi connectivity index (χ1n) is 5.57.